The topological polar surface area (TPSA) is 41.6 Å². The Kier molecular flexibility index (Phi) is 2.61. The van der Waals surface area contributed by atoms with Gasteiger partial charge in [0, 0.05) is 11.1 Å². The molecule has 0 unspecified atom stereocenters. The van der Waals surface area contributed by atoms with Crippen LogP contribution in [0.4, 0.5) is 4.39 Å². The molecule has 0 bridgehead atoms. The molecule has 3 aromatic rings. The maximum absolute atomic E-state index is 12.8. The fourth-order valence-corrected chi connectivity index (χ4v) is 1.71. The molecule has 2 aromatic carbocycles. The van der Waals surface area contributed by atoms with Gasteiger partial charge in [0.25, 0.3) is 0 Å². The molecule has 0 saturated carbocycles. The molecular formula is C14H10FN3. The van der Waals surface area contributed by atoms with E-state index in [9.17, 15) is 4.39 Å². The minimum absolute atomic E-state index is 0.262. The predicted octanol–water partition coefficient (Wildman–Crippen LogP) is 3.28. The molecule has 1 N–H and O–H groups in total. The number of rotatable bonds is 2. The third-order valence-electron chi connectivity index (χ3n) is 2.64. The van der Waals surface area contributed by atoms with E-state index in [1.54, 1.807) is 12.1 Å². The largest absolute Gasteiger partial charge is 0.259 e. The average molecular weight is 239 g/mol. The van der Waals surface area contributed by atoms with E-state index in [-0.39, 0.29) is 5.82 Å². The zero-order chi connectivity index (χ0) is 12.4. The molecule has 3 nitrogen and oxygen atoms in total. The minimum Gasteiger partial charge on any atom is -0.259 e. The predicted molar refractivity (Wildman–Crippen MR) is 67.2 cm³/mol. The van der Waals surface area contributed by atoms with Crippen molar-refractivity contribution in [2.45, 2.75) is 0 Å². The summed E-state index contributed by atoms with van der Waals surface area (Å²) in [4.78, 5) is 4.39. The summed E-state index contributed by atoms with van der Waals surface area (Å²) >= 11 is 0. The van der Waals surface area contributed by atoms with Crippen LogP contribution in [0.2, 0.25) is 0 Å². The Hall–Kier alpha value is -2.49. The number of hydrogen-bond donors (Lipinski definition) is 1. The van der Waals surface area contributed by atoms with Crippen molar-refractivity contribution >= 4 is 0 Å². The summed E-state index contributed by atoms with van der Waals surface area (Å²) in [5.74, 6) is 1.00. The van der Waals surface area contributed by atoms with Gasteiger partial charge in [-0.3, -0.25) is 5.10 Å². The van der Waals surface area contributed by atoms with Gasteiger partial charge in [-0.25, -0.2) is 9.37 Å². The van der Waals surface area contributed by atoms with Gasteiger partial charge in [-0.2, -0.15) is 5.10 Å². The van der Waals surface area contributed by atoms with Crippen molar-refractivity contribution in [2.75, 3.05) is 0 Å². The lowest BCUT2D eigenvalue weighted by atomic mass is 10.2. The number of aromatic amines is 1. The maximum atomic E-state index is 12.8. The summed E-state index contributed by atoms with van der Waals surface area (Å²) < 4.78 is 12.8. The molecule has 18 heavy (non-hydrogen) atoms. The summed E-state index contributed by atoms with van der Waals surface area (Å²) in [6.07, 6.45) is 0. The van der Waals surface area contributed by atoms with Gasteiger partial charge in [0.05, 0.1) is 0 Å². The number of nitrogens with zero attached hydrogens (tertiary/aromatic N) is 2. The lowest BCUT2D eigenvalue weighted by Crippen LogP contribution is -1.81. The van der Waals surface area contributed by atoms with E-state index >= 15 is 0 Å². The SMILES string of the molecule is Fc1ccc(-c2nc(-c3ccccc3)n[nH]2)cc1. The van der Waals surface area contributed by atoms with Crippen LogP contribution in [0.1, 0.15) is 0 Å². The van der Waals surface area contributed by atoms with Crippen molar-refractivity contribution in [3.8, 4) is 22.8 Å². The van der Waals surface area contributed by atoms with Crippen LogP contribution in [0, 0.1) is 5.82 Å². The van der Waals surface area contributed by atoms with Crippen LogP contribution >= 0.6 is 0 Å². The first-order chi connectivity index (χ1) is 8.83. The number of H-pyrrole nitrogens is 1. The summed E-state index contributed by atoms with van der Waals surface area (Å²) in [5, 5.41) is 7.01. The van der Waals surface area contributed by atoms with Gasteiger partial charge in [-0.15, -0.1) is 0 Å². The number of hydrogen-bond acceptors (Lipinski definition) is 2. The van der Waals surface area contributed by atoms with Crippen molar-refractivity contribution in [3.63, 3.8) is 0 Å². The van der Waals surface area contributed by atoms with E-state index in [1.807, 2.05) is 30.3 Å². The van der Waals surface area contributed by atoms with E-state index in [4.69, 9.17) is 0 Å². The Labute approximate surface area is 103 Å². The first-order valence-corrected chi connectivity index (χ1v) is 5.57. The third kappa shape index (κ3) is 2.00. The van der Waals surface area contributed by atoms with E-state index in [0.717, 1.165) is 11.1 Å². The van der Waals surface area contributed by atoms with Crippen LogP contribution in [0.3, 0.4) is 0 Å². The van der Waals surface area contributed by atoms with E-state index in [1.165, 1.54) is 12.1 Å². The van der Waals surface area contributed by atoms with Crippen molar-refractivity contribution in [1.82, 2.24) is 15.2 Å². The summed E-state index contributed by atoms with van der Waals surface area (Å²) in [6.45, 7) is 0. The van der Waals surface area contributed by atoms with Crippen molar-refractivity contribution < 1.29 is 4.39 Å². The lowest BCUT2D eigenvalue weighted by Gasteiger charge is -1.95. The molecule has 0 saturated heterocycles. The number of halogens is 1. The first kappa shape index (κ1) is 10.7. The van der Waals surface area contributed by atoms with E-state index < -0.39 is 0 Å². The standard InChI is InChI=1S/C14H10FN3/c15-12-8-6-11(7-9-12)14-16-13(17-18-14)10-4-2-1-3-5-10/h1-9H,(H,16,17,18). The minimum atomic E-state index is -0.262. The molecule has 0 radical (unpaired) electrons. The van der Waals surface area contributed by atoms with Crippen LogP contribution in [0.15, 0.2) is 54.6 Å². The summed E-state index contributed by atoms with van der Waals surface area (Å²) in [7, 11) is 0. The van der Waals surface area contributed by atoms with Crippen molar-refractivity contribution in [2.24, 2.45) is 0 Å². The molecule has 0 aliphatic rings. The molecule has 0 spiro atoms. The van der Waals surface area contributed by atoms with Gasteiger partial charge in [-0.05, 0) is 24.3 Å². The monoisotopic (exact) mass is 239 g/mol. The molecule has 0 fully saturated rings. The number of nitrogens with one attached hydrogen (secondary N) is 1. The van der Waals surface area contributed by atoms with Crippen LogP contribution in [0.5, 0.6) is 0 Å². The van der Waals surface area contributed by atoms with Gasteiger partial charge >= 0.3 is 0 Å². The van der Waals surface area contributed by atoms with Crippen LogP contribution in [-0.4, -0.2) is 15.2 Å². The van der Waals surface area contributed by atoms with E-state index in [0.29, 0.717) is 11.6 Å². The van der Waals surface area contributed by atoms with Gasteiger partial charge in [0.15, 0.2) is 11.6 Å². The number of aromatic nitrogens is 3. The molecule has 0 amide bonds. The second-order valence-corrected chi connectivity index (χ2v) is 3.88. The Morgan fingerprint density at radius 1 is 0.833 bits per heavy atom. The smallest absolute Gasteiger partial charge is 0.181 e. The molecule has 4 heteroatoms. The highest BCUT2D eigenvalue weighted by Crippen LogP contribution is 2.19. The molecule has 0 aliphatic carbocycles. The Bertz CT molecular complexity index is 644. The Morgan fingerprint density at radius 2 is 1.56 bits per heavy atom. The fraction of sp³-hybridized carbons (Fsp3) is 0. The average Bonchev–Trinajstić information content (AvgIpc) is 2.90. The highest BCUT2D eigenvalue weighted by atomic mass is 19.1. The molecule has 3 rings (SSSR count). The molecule has 0 aliphatic heterocycles. The Morgan fingerprint density at radius 3 is 2.28 bits per heavy atom. The highest BCUT2D eigenvalue weighted by molar-refractivity contribution is 5.60. The normalized spacial score (nSPS) is 10.5. The first-order valence-electron chi connectivity index (χ1n) is 5.57. The number of benzene rings is 2. The second-order valence-electron chi connectivity index (χ2n) is 3.88. The molecule has 1 heterocycles. The lowest BCUT2D eigenvalue weighted by molar-refractivity contribution is 0.628. The highest BCUT2D eigenvalue weighted by Gasteiger charge is 2.07. The van der Waals surface area contributed by atoms with Gasteiger partial charge in [0.1, 0.15) is 5.82 Å². The van der Waals surface area contributed by atoms with Gasteiger partial charge in [-0.1, -0.05) is 30.3 Å². The van der Waals surface area contributed by atoms with Crippen LogP contribution < -0.4 is 0 Å². The zero-order valence-corrected chi connectivity index (χ0v) is 9.47. The maximum Gasteiger partial charge on any atom is 0.181 e. The quantitative estimate of drug-likeness (QED) is 0.745. The van der Waals surface area contributed by atoms with Crippen molar-refractivity contribution in [3.05, 3.63) is 60.4 Å². The molecule has 0 atom stereocenters. The third-order valence-corrected chi connectivity index (χ3v) is 2.64. The zero-order valence-electron chi connectivity index (χ0n) is 9.47. The van der Waals surface area contributed by atoms with Crippen molar-refractivity contribution in [1.29, 1.82) is 0 Å². The summed E-state index contributed by atoms with van der Waals surface area (Å²) in [5.41, 5.74) is 1.76. The summed E-state index contributed by atoms with van der Waals surface area (Å²) in [6, 6.07) is 15.8. The molecule has 88 valence electrons. The van der Waals surface area contributed by atoms with Gasteiger partial charge < -0.3 is 0 Å². The molecular weight excluding hydrogens is 229 g/mol. The Balaban J connectivity index is 1.97. The molecule has 1 aromatic heterocycles. The van der Waals surface area contributed by atoms with Gasteiger partial charge in [0.2, 0.25) is 0 Å². The fourth-order valence-electron chi connectivity index (χ4n) is 1.71. The van der Waals surface area contributed by atoms with E-state index in [2.05, 4.69) is 15.2 Å². The second kappa shape index (κ2) is 4.41. The van der Waals surface area contributed by atoms with Crippen LogP contribution in [0.25, 0.3) is 22.8 Å². The van der Waals surface area contributed by atoms with Crippen LogP contribution in [-0.2, 0) is 0 Å².